The first kappa shape index (κ1) is 16.8. The van der Waals surface area contributed by atoms with Gasteiger partial charge in [0.25, 0.3) is 5.95 Å². The average Bonchev–Trinajstić information content (AvgIpc) is 3.01. The summed E-state index contributed by atoms with van der Waals surface area (Å²) in [5, 5.41) is 23.2. The van der Waals surface area contributed by atoms with Crippen molar-refractivity contribution < 1.29 is 9.84 Å². The van der Waals surface area contributed by atoms with Crippen LogP contribution in [0.4, 0.5) is 5.95 Å². The van der Waals surface area contributed by atoms with Gasteiger partial charge in [0.15, 0.2) is 17.1 Å². The number of anilines is 1. The molecule has 0 bridgehead atoms. The molecule has 4 aromatic rings. The summed E-state index contributed by atoms with van der Waals surface area (Å²) in [6.45, 7) is 4.35. The van der Waals surface area contributed by atoms with Gasteiger partial charge in [-0.15, -0.1) is 10.2 Å². The molecular weight excluding hydrogens is 344 g/mol. The fraction of sp³-hybridized carbons (Fsp3) is 0.158. The van der Waals surface area contributed by atoms with Crippen molar-refractivity contribution in [3.8, 4) is 11.5 Å². The number of nitrogens with zero attached hydrogens (tertiary/aromatic N) is 4. The van der Waals surface area contributed by atoms with Gasteiger partial charge in [-0.2, -0.15) is 10.1 Å². The monoisotopic (exact) mass is 362 g/mol. The van der Waals surface area contributed by atoms with Gasteiger partial charge in [-0.1, -0.05) is 11.6 Å². The first-order chi connectivity index (χ1) is 13.1. The number of hydrazone groups is 1. The van der Waals surface area contributed by atoms with E-state index in [2.05, 4.69) is 36.8 Å². The predicted molar refractivity (Wildman–Crippen MR) is 104 cm³/mol. The third-order valence-electron chi connectivity index (χ3n) is 4.03. The number of H-pyrrole nitrogens is 1. The van der Waals surface area contributed by atoms with E-state index < -0.39 is 0 Å². The molecule has 0 saturated carbocycles. The van der Waals surface area contributed by atoms with Crippen LogP contribution in [0.1, 0.15) is 18.1 Å². The number of fused-ring (bicyclic) bond motifs is 3. The Morgan fingerprint density at radius 1 is 1.22 bits per heavy atom. The number of aromatic nitrogens is 4. The molecule has 0 aliphatic rings. The number of benzene rings is 2. The number of hydrogen-bond donors (Lipinski definition) is 3. The minimum atomic E-state index is 0.0917. The summed E-state index contributed by atoms with van der Waals surface area (Å²) in [5.41, 5.74) is 7.02. The summed E-state index contributed by atoms with van der Waals surface area (Å²) in [5.74, 6) is 0.786. The maximum absolute atomic E-state index is 9.73. The molecule has 2 aromatic carbocycles. The van der Waals surface area contributed by atoms with Crippen molar-refractivity contribution >= 4 is 34.2 Å². The Labute approximate surface area is 154 Å². The molecule has 4 rings (SSSR count). The lowest BCUT2D eigenvalue weighted by atomic mass is 10.2. The van der Waals surface area contributed by atoms with E-state index >= 15 is 0 Å². The highest BCUT2D eigenvalue weighted by atomic mass is 16.5. The van der Waals surface area contributed by atoms with E-state index in [9.17, 15) is 5.11 Å². The quantitative estimate of drug-likeness (QED) is 0.371. The minimum Gasteiger partial charge on any atom is -0.504 e. The Balaban J connectivity index is 1.56. The number of aromatic hydroxyl groups is 1. The Hall–Kier alpha value is -3.68. The largest absolute Gasteiger partial charge is 0.504 e. The minimum absolute atomic E-state index is 0.0917. The zero-order chi connectivity index (χ0) is 18.8. The van der Waals surface area contributed by atoms with E-state index in [4.69, 9.17) is 4.74 Å². The van der Waals surface area contributed by atoms with Crippen LogP contribution >= 0.6 is 0 Å². The highest BCUT2D eigenvalue weighted by Gasteiger charge is 2.09. The molecule has 0 radical (unpaired) electrons. The third-order valence-corrected chi connectivity index (χ3v) is 4.03. The Morgan fingerprint density at radius 3 is 2.96 bits per heavy atom. The van der Waals surface area contributed by atoms with Crippen LogP contribution in [0.15, 0.2) is 41.5 Å². The molecule has 2 heterocycles. The number of rotatable bonds is 5. The molecule has 0 aliphatic heterocycles. The zero-order valence-corrected chi connectivity index (χ0v) is 14.9. The number of aryl methyl sites for hydroxylation is 1. The van der Waals surface area contributed by atoms with Crippen LogP contribution in [-0.4, -0.2) is 38.1 Å². The lowest BCUT2D eigenvalue weighted by Crippen LogP contribution is -1.99. The van der Waals surface area contributed by atoms with Crippen LogP contribution in [0.5, 0.6) is 11.5 Å². The standard InChI is InChI=1S/C19H18N6O2/c1-3-27-16-9-12(5-7-15(16)26)10-20-24-19-22-18-17(23-25-19)13-8-11(2)4-6-14(13)21-18/h4-10,26H,3H2,1-2H3,(H2,21,22,24,25). The van der Waals surface area contributed by atoms with Crippen LogP contribution in [-0.2, 0) is 0 Å². The first-order valence-corrected chi connectivity index (χ1v) is 8.51. The Kier molecular flexibility index (Phi) is 4.29. The second kappa shape index (κ2) is 6.91. The van der Waals surface area contributed by atoms with Crippen molar-refractivity contribution in [1.82, 2.24) is 20.2 Å². The number of phenolic OH excluding ortho intramolecular Hbond substituents is 1. The fourth-order valence-corrected chi connectivity index (χ4v) is 2.78. The molecule has 8 heteroatoms. The lowest BCUT2D eigenvalue weighted by molar-refractivity contribution is 0.318. The Morgan fingerprint density at radius 2 is 2.11 bits per heavy atom. The molecule has 0 spiro atoms. The van der Waals surface area contributed by atoms with Gasteiger partial charge in [-0.05, 0) is 49.7 Å². The third kappa shape index (κ3) is 3.37. The van der Waals surface area contributed by atoms with Gasteiger partial charge in [0, 0.05) is 10.9 Å². The van der Waals surface area contributed by atoms with E-state index in [1.807, 2.05) is 26.0 Å². The second-order valence-corrected chi connectivity index (χ2v) is 6.04. The topological polar surface area (TPSA) is 108 Å². The Bertz CT molecular complexity index is 1150. The highest BCUT2D eigenvalue weighted by Crippen LogP contribution is 2.26. The molecule has 0 aliphatic carbocycles. The molecule has 0 unspecified atom stereocenters. The highest BCUT2D eigenvalue weighted by molar-refractivity contribution is 6.03. The number of ether oxygens (including phenoxy) is 1. The van der Waals surface area contributed by atoms with Crippen LogP contribution in [0.25, 0.3) is 22.1 Å². The molecule has 8 nitrogen and oxygen atoms in total. The number of aromatic amines is 1. The van der Waals surface area contributed by atoms with Gasteiger partial charge < -0.3 is 14.8 Å². The van der Waals surface area contributed by atoms with Crippen LogP contribution in [0.3, 0.4) is 0 Å². The summed E-state index contributed by atoms with van der Waals surface area (Å²) in [7, 11) is 0. The normalized spacial score (nSPS) is 11.5. The molecule has 0 atom stereocenters. The van der Waals surface area contributed by atoms with E-state index in [0.29, 0.717) is 18.0 Å². The van der Waals surface area contributed by atoms with Gasteiger partial charge in [0.2, 0.25) is 0 Å². The smallest absolute Gasteiger partial charge is 0.265 e. The van der Waals surface area contributed by atoms with E-state index in [1.165, 1.54) is 0 Å². The maximum Gasteiger partial charge on any atom is 0.265 e. The molecular formula is C19H18N6O2. The van der Waals surface area contributed by atoms with Crippen LogP contribution < -0.4 is 10.2 Å². The fourth-order valence-electron chi connectivity index (χ4n) is 2.78. The van der Waals surface area contributed by atoms with Gasteiger partial charge in [-0.3, -0.25) is 0 Å². The van der Waals surface area contributed by atoms with Crippen LogP contribution in [0, 0.1) is 6.92 Å². The molecule has 3 N–H and O–H groups in total. The number of nitrogens with one attached hydrogen (secondary N) is 2. The van der Waals surface area contributed by atoms with E-state index in [-0.39, 0.29) is 11.7 Å². The molecule has 2 aromatic heterocycles. The van der Waals surface area contributed by atoms with Crippen molar-refractivity contribution in [2.24, 2.45) is 5.10 Å². The van der Waals surface area contributed by atoms with Crippen molar-refractivity contribution in [1.29, 1.82) is 0 Å². The van der Waals surface area contributed by atoms with Crippen molar-refractivity contribution in [2.45, 2.75) is 13.8 Å². The number of hydrogen-bond acceptors (Lipinski definition) is 7. The summed E-state index contributed by atoms with van der Waals surface area (Å²) in [4.78, 5) is 7.65. The van der Waals surface area contributed by atoms with E-state index in [1.54, 1.807) is 24.4 Å². The predicted octanol–water partition coefficient (Wildman–Crippen LogP) is 3.36. The maximum atomic E-state index is 9.73. The average molecular weight is 362 g/mol. The molecule has 27 heavy (non-hydrogen) atoms. The molecule has 0 fully saturated rings. The second-order valence-electron chi connectivity index (χ2n) is 6.04. The van der Waals surface area contributed by atoms with Crippen molar-refractivity contribution in [3.63, 3.8) is 0 Å². The zero-order valence-electron chi connectivity index (χ0n) is 14.9. The lowest BCUT2D eigenvalue weighted by Gasteiger charge is -2.05. The molecule has 136 valence electrons. The van der Waals surface area contributed by atoms with Crippen molar-refractivity contribution in [3.05, 3.63) is 47.5 Å². The number of phenols is 1. The first-order valence-electron chi connectivity index (χ1n) is 8.51. The summed E-state index contributed by atoms with van der Waals surface area (Å²) in [6.07, 6.45) is 1.59. The van der Waals surface area contributed by atoms with Gasteiger partial charge in [0.05, 0.1) is 12.8 Å². The molecule has 0 amide bonds. The van der Waals surface area contributed by atoms with Gasteiger partial charge in [-0.25, -0.2) is 5.43 Å². The van der Waals surface area contributed by atoms with Gasteiger partial charge >= 0.3 is 0 Å². The summed E-state index contributed by atoms with van der Waals surface area (Å²) >= 11 is 0. The summed E-state index contributed by atoms with van der Waals surface area (Å²) in [6, 6.07) is 11.1. The summed E-state index contributed by atoms with van der Waals surface area (Å²) < 4.78 is 5.36. The van der Waals surface area contributed by atoms with Crippen molar-refractivity contribution in [2.75, 3.05) is 12.0 Å². The molecule has 0 saturated heterocycles. The SMILES string of the molecule is CCOc1cc(C=NNc2nnc3c(n2)[nH]c2ccc(C)cc23)ccc1O. The van der Waals surface area contributed by atoms with E-state index in [0.717, 1.165) is 27.5 Å². The van der Waals surface area contributed by atoms with Crippen LogP contribution in [0.2, 0.25) is 0 Å². The van der Waals surface area contributed by atoms with Gasteiger partial charge in [0.1, 0.15) is 5.52 Å².